The number of hydrogen-bond donors (Lipinski definition) is 0. The second kappa shape index (κ2) is 4.26. The maximum Gasteiger partial charge on any atom is 0.0841 e. The fourth-order valence-electron chi connectivity index (χ4n) is 2.13. The van der Waals surface area contributed by atoms with Crippen molar-refractivity contribution in [1.29, 1.82) is 0 Å². The summed E-state index contributed by atoms with van der Waals surface area (Å²) >= 11 is 0. The molecule has 0 aliphatic heterocycles. The molecule has 0 unspecified atom stereocenters. The molecule has 0 spiro atoms. The zero-order chi connectivity index (χ0) is 12.5. The Morgan fingerprint density at radius 3 is 2.78 bits per heavy atom. The van der Waals surface area contributed by atoms with E-state index in [4.69, 9.17) is 0 Å². The second-order valence-corrected chi connectivity index (χ2v) is 4.58. The minimum absolute atomic E-state index is 0.723. The molecule has 3 aromatic rings. The molecular formula is C15H15N3. The van der Waals surface area contributed by atoms with Gasteiger partial charge in [0.2, 0.25) is 0 Å². The van der Waals surface area contributed by atoms with Crippen LogP contribution in [0.3, 0.4) is 0 Å². The third-order valence-corrected chi connectivity index (χ3v) is 3.19. The van der Waals surface area contributed by atoms with E-state index in [0.29, 0.717) is 0 Å². The quantitative estimate of drug-likeness (QED) is 0.685. The predicted molar refractivity (Wildman–Crippen MR) is 72.5 cm³/mol. The van der Waals surface area contributed by atoms with Crippen molar-refractivity contribution in [3.8, 4) is 0 Å². The molecule has 0 aliphatic carbocycles. The highest BCUT2D eigenvalue weighted by Crippen LogP contribution is 2.15. The van der Waals surface area contributed by atoms with Crippen molar-refractivity contribution < 1.29 is 0 Å². The molecular weight excluding hydrogens is 222 g/mol. The van der Waals surface area contributed by atoms with Crippen molar-refractivity contribution >= 4 is 10.9 Å². The number of fused-ring (bicyclic) bond motifs is 1. The van der Waals surface area contributed by atoms with E-state index in [2.05, 4.69) is 35.2 Å². The Hall–Kier alpha value is -2.16. The summed E-state index contributed by atoms with van der Waals surface area (Å²) in [6.07, 6.45) is 1.90. The number of rotatable bonds is 2. The minimum atomic E-state index is 0.723. The Kier molecular flexibility index (Phi) is 2.59. The summed E-state index contributed by atoms with van der Waals surface area (Å²) in [5.41, 5.74) is 4.50. The van der Waals surface area contributed by atoms with Crippen molar-refractivity contribution in [2.45, 2.75) is 20.4 Å². The molecule has 0 atom stereocenters. The largest absolute Gasteiger partial charge is 0.259 e. The summed E-state index contributed by atoms with van der Waals surface area (Å²) in [6, 6.07) is 12.4. The van der Waals surface area contributed by atoms with Gasteiger partial charge in [-0.25, -0.2) is 0 Å². The van der Waals surface area contributed by atoms with Crippen molar-refractivity contribution in [3.05, 3.63) is 59.5 Å². The molecule has 90 valence electrons. The summed E-state index contributed by atoms with van der Waals surface area (Å²) in [7, 11) is 0. The fourth-order valence-corrected chi connectivity index (χ4v) is 2.13. The summed E-state index contributed by atoms with van der Waals surface area (Å²) in [6.45, 7) is 4.83. The normalized spacial score (nSPS) is 11.0. The van der Waals surface area contributed by atoms with E-state index in [1.807, 2.05) is 36.0 Å². The zero-order valence-electron chi connectivity index (χ0n) is 10.6. The Balaban J connectivity index is 2.04. The van der Waals surface area contributed by atoms with Gasteiger partial charge in [0.05, 0.1) is 24.0 Å². The smallest absolute Gasteiger partial charge is 0.0841 e. The molecule has 0 aliphatic rings. The van der Waals surface area contributed by atoms with E-state index in [0.717, 1.165) is 23.4 Å². The molecule has 1 aromatic carbocycles. The van der Waals surface area contributed by atoms with Crippen LogP contribution in [-0.2, 0) is 6.54 Å². The average molecular weight is 237 g/mol. The predicted octanol–water partition coefficient (Wildman–Crippen LogP) is 3.10. The molecule has 0 saturated carbocycles. The van der Waals surface area contributed by atoms with E-state index >= 15 is 0 Å². The average Bonchev–Trinajstić information content (AvgIpc) is 2.78. The molecule has 0 bridgehead atoms. The first-order valence-corrected chi connectivity index (χ1v) is 6.08. The van der Waals surface area contributed by atoms with Gasteiger partial charge in [0.15, 0.2) is 0 Å². The lowest BCUT2D eigenvalue weighted by atomic mass is 10.2. The van der Waals surface area contributed by atoms with Crippen LogP contribution in [0, 0.1) is 13.8 Å². The number of hydrogen-bond acceptors (Lipinski definition) is 2. The maximum atomic E-state index is 4.59. The Morgan fingerprint density at radius 2 is 1.89 bits per heavy atom. The monoisotopic (exact) mass is 237 g/mol. The molecule has 2 aromatic heterocycles. The van der Waals surface area contributed by atoms with Gasteiger partial charge in [0.1, 0.15) is 0 Å². The summed E-state index contributed by atoms with van der Waals surface area (Å²) < 4.78 is 2.00. The van der Waals surface area contributed by atoms with Crippen LogP contribution in [0.5, 0.6) is 0 Å². The molecule has 0 radical (unpaired) electrons. The minimum Gasteiger partial charge on any atom is -0.259 e. The van der Waals surface area contributed by atoms with Gasteiger partial charge < -0.3 is 0 Å². The van der Waals surface area contributed by atoms with Crippen LogP contribution in [0.1, 0.15) is 17.0 Å². The van der Waals surface area contributed by atoms with Gasteiger partial charge in [-0.1, -0.05) is 24.3 Å². The van der Waals surface area contributed by atoms with Crippen LogP contribution in [-0.4, -0.2) is 14.8 Å². The zero-order valence-corrected chi connectivity index (χ0v) is 10.6. The number of pyridine rings is 1. The Morgan fingerprint density at radius 1 is 1.06 bits per heavy atom. The van der Waals surface area contributed by atoms with Gasteiger partial charge in [-0.15, -0.1) is 0 Å². The number of aryl methyl sites for hydroxylation is 2. The topological polar surface area (TPSA) is 30.7 Å². The second-order valence-electron chi connectivity index (χ2n) is 4.58. The van der Waals surface area contributed by atoms with Crippen molar-refractivity contribution in [2.75, 3.05) is 0 Å². The third kappa shape index (κ3) is 1.88. The molecule has 3 nitrogen and oxygen atoms in total. The van der Waals surface area contributed by atoms with Crippen LogP contribution in [0.15, 0.2) is 42.6 Å². The maximum absolute atomic E-state index is 4.59. The first kappa shape index (κ1) is 11.0. The third-order valence-electron chi connectivity index (χ3n) is 3.19. The van der Waals surface area contributed by atoms with Crippen molar-refractivity contribution in [2.24, 2.45) is 0 Å². The highest BCUT2D eigenvalue weighted by atomic mass is 15.3. The van der Waals surface area contributed by atoms with Crippen LogP contribution >= 0.6 is 0 Å². The lowest BCUT2D eigenvalue weighted by molar-refractivity contribution is 0.690. The van der Waals surface area contributed by atoms with Crippen molar-refractivity contribution in [3.63, 3.8) is 0 Å². The van der Waals surface area contributed by atoms with Gasteiger partial charge in [-0.05, 0) is 31.5 Å². The van der Waals surface area contributed by atoms with Crippen LogP contribution in [0.25, 0.3) is 10.9 Å². The first-order valence-electron chi connectivity index (χ1n) is 6.08. The van der Waals surface area contributed by atoms with Crippen molar-refractivity contribution in [1.82, 2.24) is 14.8 Å². The Labute approximate surface area is 106 Å². The summed E-state index contributed by atoms with van der Waals surface area (Å²) in [5.74, 6) is 0. The molecule has 18 heavy (non-hydrogen) atoms. The van der Waals surface area contributed by atoms with Crippen LogP contribution in [0.2, 0.25) is 0 Å². The summed E-state index contributed by atoms with van der Waals surface area (Å²) in [5, 5.41) is 5.61. The van der Waals surface area contributed by atoms with Gasteiger partial charge in [-0.3, -0.25) is 9.67 Å². The first-order chi connectivity index (χ1) is 8.74. The number of aromatic nitrogens is 3. The summed E-state index contributed by atoms with van der Waals surface area (Å²) in [4.78, 5) is 4.59. The highest BCUT2D eigenvalue weighted by Gasteiger charge is 2.05. The van der Waals surface area contributed by atoms with E-state index in [1.165, 1.54) is 10.9 Å². The molecule has 3 heteroatoms. The highest BCUT2D eigenvalue weighted by molar-refractivity contribution is 5.78. The number of benzene rings is 1. The number of para-hydroxylation sites is 1. The van der Waals surface area contributed by atoms with Gasteiger partial charge in [0.25, 0.3) is 0 Å². The van der Waals surface area contributed by atoms with E-state index in [1.54, 1.807) is 0 Å². The van der Waals surface area contributed by atoms with Gasteiger partial charge >= 0.3 is 0 Å². The molecule has 0 saturated heterocycles. The van der Waals surface area contributed by atoms with E-state index in [9.17, 15) is 0 Å². The van der Waals surface area contributed by atoms with E-state index < -0.39 is 0 Å². The molecule has 0 N–H and O–H groups in total. The molecule has 2 heterocycles. The standard InChI is InChI=1S/C15H15N3/c1-11-7-8-12(2)17-14(11)10-18-15-6-4-3-5-13(15)9-16-18/h3-9H,10H2,1-2H3. The van der Waals surface area contributed by atoms with E-state index in [-0.39, 0.29) is 0 Å². The molecule has 3 rings (SSSR count). The fraction of sp³-hybridized carbons (Fsp3) is 0.200. The van der Waals surface area contributed by atoms with Gasteiger partial charge in [0, 0.05) is 11.1 Å². The van der Waals surface area contributed by atoms with Gasteiger partial charge in [-0.2, -0.15) is 5.10 Å². The van der Waals surface area contributed by atoms with Crippen LogP contribution in [0.4, 0.5) is 0 Å². The Bertz CT molecular complexity index is 698. The van der Waals surface area contributed by atoms with Crippen LogP contribution < -0.4 is 0 Å². The lowest BCUT2D eigenvalue weighted by Crippen LogP contribution is -2.05. The number of nitrogens with zero attached hydrogens (tertiary/aromatic N) is 3. The molecule has 0 amide bonds. The molecule has 0 fully saturated rings. The SMILES string of the molecule is Cc1ccc(C)c(Cn2ncc3ccccc32)n1. The lowest BCUT2D eigenvalue weighted by Gasteiger charge is -2.07.